The first-order valence-corrected chi connectivity index (χ1v) is 8.05. The van der Waals surface area contributed by atoms with Crippen molar-refractivity contribution in [1.82, 2.24) is 0 Å². The van der Waals surface area contributed by atoms with Crippen molar-refractivity contribution < 1.29 is 29.0 Å². The molecule has 1 unspecified atom stereocenters. The summed E-state index contributed by atoms with van der Waals surface area (Å²) in [5, 5.41) is 10.8. The van der Waals surface area contributed by atoms with E-state index < -0.39 is 34.7 Å². The lowest BCUT2D eigenvalue weighted by atomic mass is 9.97. The Bertz CT molecular complexity index is 922. The third kappa shape index (κ3) is 2.69. The summed E-state index contributed by atoms with van der Waals surface area (Å²) in [5.41, 5.74) is -2.23. The minimum atomic E-state index is -2.25. The van der Waals surface area contributed by atoms with E-state index in [1.54, 1.807) is 60.7 Å². The molecule has 1 aliphatic rings. The number of para-hydroxylation sites is 1. The molecule has 138 valence electrons. The third-order valence-electron chi connectivity index (χ3n) is 4.33. The highest BCUT2D eigenvalue weighted by molar-refractivity contribution is 6.54. The van der Waals surface area contributed by atoms with Crippen LogP contribution < -0.4 is 4.90 Å². The number of carbonyl (C=O) groups excluding carboxylic acids is 3. The molecule has 1 atom stereocenters. The fraction of sp³-hybridized carbons (Fsp3) is 0.150. The van der Waals surface area contributed by atoms with Gasteiger partial charge in [0.25, 0.3) is 11.5 Å². The quantitative estimate of drug-likeness (QED) is 0.385. The molecule has 1 amide bonds. The lowest BCUT2D eigenvalue weighted by Crippen LogP contribution is -2.55. The van der Waals surface area contributed by atoms with Gasteiger partial charge in [0.05, 0.1) is 7.11 Å². The number of amides is 1. The van der Waals surface area contributed by atoms with Crippen LogP contribution in [0.25, 0.3) is 5.76 Å². The van der Waals surface area contributed by atoms with Gasteiger partial charge in [-0.3, -0.25) is 14.5 Å². The number of hydrogen-bond donors (Lipinski definition) is 1. The Labute approximate surface area is 155 Å². The number of anilines is 1. The van der Waals surface area contributed by atoms with E-state index in [0.29, 0.717) is 0 Å². The van der Waals surface area contributed by atoms with Crippen LogP contribution in [0.5, 0.6) is 0 Å². The van der Waals surface area contributed by atoms with Crippen LogP contribution in [0.2, 0.25) is 0 Å². The molecule has 0 spiro atoms. The lowest BCUT2D eigenvalue weighted by Gasteiger charge is -2.34. The molecule has 0 saturated carbocycles. The number of Topliss-reactive ketones (excluding diaryl/α,β-unsaturated/α-hetero) is 1. The fourth-order valence-electron chi connectivity index (χ4n) is 3.11. The maximum Gasteiger partial charge on any atom is 0.365 e. The van der Waals surface area contributed by atoms with E-state index in [2.05, 4.69) is 0 Å². The van der Waals surface area contributed by atoms with Crippen LogP contribution in [0.15, 0.2) is 66.2 Å². The average molecular weight is 367 g/mol. The van der Waals surface area contributed by atoms with Gasteiger partial charge in [0.1, 0.15) is 11.3 Å². The summed E-state index contributed by atoms with van der Waals surface area (Å²) in [7, 11) is 2.27. The molecule has 0 aromatic heterocycles. The van der Waals surface area contributed by atoms with Crippen LogP contribution >= 0.6 is 0 Å². The van der Waals surface area contributed by atoms with E-state index in [1.807, 2.05) is 0 Å². The molecule has 1 saturated heterocycles. The van der Waals surface area contributed by atoms with Gasteiger partial charge in [-0.15, -0.1) is 0 Å². The molecule has 0 aliphatic carbocycles. The van der Waals surface area contributed by atoms with Crippen LogP contribution in [0, 0.1) is 0 Å². The maximum atomic E-state index is 12.8. The number of aliphatic hydroxyl groups is 1. The Hall–Kier alpha value is -3.45. The SMILES string of the molecule is COC(=O)C1(OC)C(=C(O)c2ccccc2)C(=O)C(=O)N1c1ccccc1. The third-order valence-corrected chi connectivity index (χ3v) is 4.33. The molecule has 1 heterocycles. The van der Waals surface area contributed by atoms with Crippen LogP contribution in [-0.2, 0) is 23.9 Å². The molecule has 0 radical (unpaired) electrons. The predicted molar refractivity (Wildman–Crippen MR) is 96.7 cm³/mol. The molecule has 7 heteroatoms. The van der Waals surface area contributed by atoms with Crippen molar-refractivity contribution in [1.29, 1.82) is 0 Å². The van der Waals surface area contributed by atoms with E-state index in [1.165, 1.54) is 0 Å². The number of carbonyl (C=O) groups is 3. The number of esters is 1. The van der Waals surface area contributed by atoms with Crippen LogP contribution in [-0.4, -0.2) is 42.7 Å². The monoisotopic (exact) mass is 367 g/mol. The Kier molecular flexibility index (Phi) is 4.79. The molecule has 2 aromatic carbocycles. The van der Waals surface area contributed by atoms with E-state index in [-0.39, 0.29) is 11.3 Å². The summed E-state index contributed by atoms with van der Waals surface area (Å²) in [6.45, 7) is 0. The van der Waals surface area contributed by atoms with Gasteiger partial charge < -0.3 is 14.6 Å². The van der Waals surface area contributed by atoms with E-state index in [9.17, 15) is 19.5 Å². The molecular weight excluding hydrogens is 350 g/mol. The summed E-state index contributed by atoms with van der Waals surface area (Å²) < 4.78 is 10.2. The second-order valence-electron chi connectivity index (χ2n) is 5.73. The van der Waals surface area contributed by atoms with Crippen LogP contribution in [0.4, 0.5) is 5.69 Å². The van der Waals surface area contributed by atoms with Crippen LogP contribution in [0.1, 0.15) is 5.56 Å². The minimum Gasteiger partial charge on any atom is -0.507 e. The van der Waals surface area contributed by atoms with Crippen molar-refractivity contribution in [3.63, 3.8) is 0 Å². The molecular formula is C20H17NO6. The summed E-state index contributed by atoms with van der Waals surface area (Å²) >= 11 is 0. The predicted octanol–water partition coefficient (Wildman–Crippen LogP) is 2.09. The number of methoxy groups -OCH3 is 2. The number of aliphatic hydroxyl groups excluding tert-OH is 1. The zero-order valence-electron chi connectivity index (χ0n) is 14.7. The van der Waals surface area contributed by atoms with Crippen molar-refractivity contribution in [2.45, 2.75) is 5.72 Å². The van der Waals surface area contributed by atoms with Gasteiger partial charge in [-0.2, -0.15) is 0 Å². The van der Waals surface area contributed by atoms with Crippen molar-refractivity contribution in [2.75, 3.05) is 19.1 Å². The van der Waals surface area contributed by atoms with Gasteiger partial charge in [-0.05, 0) is 12.1 Å². The molecule has 1 N–H and O–H groups in total. The molecule has 7 nitrogen and oxygen atoms in total. The van der Waals surface area contributed by atoms with Gasteiger partial charge in [0.2, 0.25) is 0 Å². The van der Waals surface area contributed by atoms with Crippen molar-refractivity contribution in [3.05, 3.63) is 71.8 Å². The molecule has 0 bridgehead atoms. The normalized spacial score (nSPS) is 21.3. The zero-order chi connectivity index (χ0) is 19.6. The van der Waals surface area contributed by atoms with E-state index >= 15 is 0 Å². The lowest BCUT2D eigenvalue weighted by molar-refractivity contribution is -0.161. The number of nitrogens with zero attached hydrogens (tertiary/aromatic N) is 1. The van der Waals surface area contributed by atoms with Gasteiger partial charge in [-0.25, -0.2) is 4.79 Å². The summed E-state index contributed by atoms with van der Waals surface area (Å²) in [6, 6.07) is 16.2. The van der Waals surface area contributed by atoms with Gasteiger partial charge in [-0.1, -0.05) is 48.5 Å². The number of hydrogen-bond acceptors (Lipinski definition) is 6. The average Bonchev–Trinajstić information content (AvgIpc) is 2.95. The summed E-state index contributed by atoms with van der Waals surface area (Å²) in [5.74, 6) is -3.59. The highest BCUT2D eigenvalue weighted by atomic mass is 16.6. The van der Waals surface area contributed by atoms with Crippen molar-refractivity contribution in [2.24, 2.45) is 0 Å². The number of ketones is 1. The Morgan fingerprint density at radius 1 is 0.963 bits per heavy atom. The highest BCUT2D eigenvalue weighted by Crippen LogP contribution is 2.41. The molecule has 3 rings (SSSR count). The van der Waals surface area contributed by atoms with Crippen LogP contribution in [0.3, 0.4) is 0 Å². The molecule has 27 heavy (non-hydrogen) atoms. The smallest absolute Gasteiger partial charge is 0.365 e. The summed E-state index contributed by atoms with van der Waals surface area (Å²) in [4.78, 5) is 39.2. The first-order chi connectivity index (χ1) is 13.0. The Balaban J connectivity index is 2.34. The standard InChI is InChI=1S/C20H17NO6/c1-26-19(25)20(27-2)15(16(22)13-9-5-3-6-10-13)17(23)18(24)21(20)14-11-7-4-8-12-14/h3-12,22H,1-2H3. The van der Waals surface area contributed by atoms with Crippen molar-refractivity contribution >= 4 is 29.1 Å². The number of ether oxygens (including phenoxy) is 2. The molecule has 2 aromatic rings. The van der Waals surface area contributed by atoms with E-state index in [4.69, 9.17) is 9.47 Å². The first-order valence-electron chi connectivity index (χ1n) is 8.05. The second kappa shape index (κ2) is 7.05. The molecule has 1 aliphatic heterocycles. The first kappa shape index (κ1) is 18.3. The summed E-state index contributed by atoms with van der Waals surface area (Å²) in [6.07, 6.45) is 0. The number of benzene rings is 2. The maximum absolute atomic E-state index is 12.8. The molecule has 1 fully saturated rings. The van der Waals surface area contributed by atoms with Crippen molar-refractivity contribution in [3.8, 4) is 0 Å². The van der Waals surface area contributed by atoms with Gasteiger partial charge in [0.15, 0.2) is 0 Å². The zero-order valence-corrected chi connectivity index (χ0v) is 14.7. The minimum absolute atomic E-state index is 0.249. The fourth-order valence-corrected chi connectivity index (χ4v) is 3.11. The Morgan fingerprint density at radius 3 is 2.04 bits per heavy atom. The van der Waals surface area contributed by atoms with Gasteiger partial charge >= 0.3 is 11.9 Å². The van der Waals surface area contributed by atoms with Gasteiger partial charge in [0, 0.05) is 18.4 Å². The second-order valence-corrected chi connectivity index (χ2v) is 5.73. The topological polar surface area (TPSA) is 93.1 Å². The largest absolute Gasteiger partial charge is 0.507 e. The van der Waals surface area contributed by atoms with E-state index in [0.717, 1.165) is 19.1 Å². The Morgan fingerprint density at radius 2 is 1.52 bits per heavy atom. The number of rotatable bonds is 4. The highest BCUT2D eigenvalue weighted by Gasteiger charge is 2.64.